The molecule has 0 rings (SSSR count). The Morgan fingerprint density at radius 1 is 1.36 bits per heavy atom. The first-order chi connectivity index (χ1) is 6.50. The van der Waals surface area contributed by atoms with E-state index >= 15 is 0 Å². The molecule has 4 nitrogen and oxygen atoms in total. The predicted octanol–water partition coefficient (Wildman–Crippen LogP) is 1.36. The number of carboxylic acid groups (broad SMARTS) is 1. The Balaban J connectivity index is 3.92. The number of nitrogens with zero attached hydrogens (tertiary/aromatic N) is 1. The van der Waals surface area contributed by atoms with Crippen molar-refractivity contribution in [3.63, 3.8) is 0 Å². The lowest BCUT2D eigenvalue weighted by Gasteiger charge is -2.18. The Kier molecular flexibility index (Phi) is 5.92. The van der Waals surface area contributed by atoms with E-state index in [1.165, 1.54) is 11.8 Å². The first kappa shape index (κ1) is 12.9. The third kappa shape index (κ3) is 4.25. The summed E-state index contributed by atoms with van der Waals surface area (Å²) < 4.78 is 0. The Labute approximate surface area is 84.9 Å². The van der Waals surface area contributed by atoms with E-state index in [4.69, 9.17) is 5.11 Å². The van der Waals surface area contributed by atoms with Gasteiger partial charge in [0.05, 0.1) is 0 Å². The van der Waals surface area contributed by atoms with Crippen LogP contribution in [-0.2, 0) is 9.59 Å². The summed E-state index contributed by atoms with van der Waals surface area (Å²) in [5.74, 6) is -2.30. The standard InChI is InChI=1S/C10H19NO3/c1-4-5-6-7-11(3)9(12)8(2)10(13)14/h8H,4-7H2,1-3H3,(H,13,14). The summed E-state index contributed by atoms with van der Waals surface area (Å²) in [6.07, 6.45) is 3.10. The van der Waals surface area contributed by atoms with Crippen LogP contribution < -0.4 is 0 Å². The van der Waals surface area contributed by atoms with Crippen LogP contribution in [0.15, 0.2) is 0 Å². The number of hydrogen-bond donors (Lipinski definition) is 1. The highest BCUT2D eigenvalue weighted by Crippen LogP contribution is 2.03. The smallest absolute Gasteiger partial charge is 0.315 e. The molecule has 82 valence electrons. The van der Waals surface area contributed by atoms with Crippen molar-refractivity contribution >= 4 is 11.9 Å². The van der Waals surface area contributed by atoms with Crippen LogP contribution >= 0.6 is 0 Å². The second kappa shape index (κ2) is 6.40. The van der Waals surface area contributed by atoms with Gasteiger partial charge in [0.1, 0.15) is 5.92 Å². The third-order valence-electron chi connectivity index (χ3n) is 2.21. The third-order valence-corrected chi connectivity index (χ3v) is 2.21. The molecule has 0 aromatic heterocycles. The minimum atomic E-state index is -1.06. The molecule has 0 saturated carbocycles. The molecular formula is C10H19NO3. The van der Waals surface area contributed by atoms with Crippen molar-refractivity contribution in [2.24, 2.45) is 5.92 Å². The van der Waals surface area contributed by atoms with E-state index in [1.807, 2.05) is 0 Å². The topological polar surface area (TPSA) is 57.6 Å². The van der Waals surface area contributed by atoms with Crippen LogP contribution in [0.4, 0.5) is 0 Å². The summed E-state index contributed by atoms with van der Waals surface area (Å²) >= 11 is 0. The molecule has 1 unspecified atom stereocenters. The SMILES string of the molecule is CCCCCN(C)C(=O)C(C)C(=O)O. The molecule has 0 aromatic carbocycles. The second-order valence-corrected chi connectivity index (χ2v) is 3.53. The van der Waals surface area contributed by atoms with Crippen LogP contribution in [0.3, 0.4) is 0 Å². The Bertz CT molecular complexity index is 204. The van der Waals surface area contributed by atoms with E-state index in [9.17, 15) is 9.59 Å². The van der Waals surface area contributed by atoms with Gasteiger partial charge < -0.3 is 10.0 Å². The molecule has 0 bridgehead atoms. The normalized spacial score (nSPS) is 12.2. The molecule has 14 heavy (non-hydrogen) atoms. The fourth-order valence-corrected chi connectivity index (χ4v) is 1.15. The maximum absolute atomic E-state index is 11.4. The molecule has 0 radical (unpaired) electrons. The average molecular weight is 201 g/mol. The molecule has 0 aromatic rings. The summed E-state index contributed by atoms with van der Waals surface area (Å²) in [6.45, 7) is 4.15. The van der Waals surface area contributed by atoms with Gasteiger partial charge in [0, 0.05) is 13.6 Å². The van der Waals surface area contributed by atoms with E-state index in [1.54, 1.807) is 7.05 Å². The lowest BCUT2D eigenvalue weighted by Crippen LogP contribution is -2.35. The molecule has 0 heterocycles. The van der Waals surface area contributed by atoms with Gasteiger partial charge in [-0.15, -0.1) is 0 Å². The summed E-state index contributed by atoms with van der Waals surface area (Å²) in [4.78, 5) is 23.4. The highest BCUT2D eigenvalue weighted by atomic mass is 16.4. The zero-order valence-corrected chi connectivity index (χ0v) is 9.12. The fourth-order valence-electron chi connectivity index (χ4n) is 1.15. The first-order valence-electron chi connectivity index (χ1n) is 4.98. The maximum atomic E-state index is 11.4. The maximum Gasteiger partial charge on any atom is 0.315 e. The molecule has 1 atom stereocenters. The van der Waals surface area contributed by atoms with Crippen molar-refractivity contribution in [1.82, 2.24) is 4.90 Å². The van der Waals surface area contributed by atoms with Crippen LogP contribution in [0, 0.1) is 5.92 Å². The molecular weight excluding hydrogens is 182 g/mol. The highest BCUT2D eigenvalue weighted by molar-refractivity contribution is 5.96. The lowest BCUT2D eigenvalue weighted by molar-refractivity contribution is -0.149. The molecule has 1 N–H and O–H groups in total. The van der Waals surface area contributed by atoms with Crippen LogP contribution in [0.5, 0.6) is 0 Å². The summed E-state index contributed by atoms with van der Waals surface area (Å²) in [5, 5.41) is 8.63. The zero-order valence-electron chi connectivity index (χ0n) is 9.12. The number of unbranched alkanes of at least 4 members (excludes halogenated alkanes) is 2. The predicted molar refractivity (Wildman–Crippen MR) is 54.0 cm³/mol. The number of carboxylic acids is 1. The number of rotatable bonds is 6. The van der Waals surface area contributed by atoms with Gasteiger partial charge in [-0.2, -0.15) is 0 Å². The van der Waals surface area contributed by atoms with Crippen LogP contribution in [0.25, 0.3) is 0 Å². The van der Waals surface area contributed by atoms with Crippen molar-refractivity contribution in [3.05, 3.63) is 0 Å². The van der Waals surface area contributed by atoms with Gasteiger partial charge in [-0.25, -0.2) is 0 Å². The monoisotopic (exact) mass is 201 g/mol. The Hall–Kier alpha value is -1.06. The van der Waals surface area contributed by atoms with Crippen LogP contribution in [-0.4, -0.2) is 35.5 Å². The fraction of sp³-hybridized carbons (Fsp3) is 0.800. The van der Waals surface area contributed by atoms with Gasteiger partial charge in [-0.1, -0.05) is 19.8 Å². The Morgan fingerprint density at radius 2 is 1.93 bits per heavy atom. The Morgan fingerprint density at radius 3 is 2.36 bits per heavy atom. The van der Waals surface area contributed by atoms with Crippen molar-refractivity contribution in [3.8, 4) is 0 Å². The van der Waals surface area contributed by atoms with E-state index in [0.717, 1.165) is 19.3 Å². The molecule has 0 fully saturated rings. The highest BCUT2D eigenvalue weighted by Gasteiger charge is 2.23. The van der Waals surface area contributed by atoms with E-state index in [-0.39, 0.29) is 5.91 Å². The van der Waals surface area contributed by atoms with Crippen LogP contribution in [0.2, 0.25) is 0 Å². The van der Waals surface area contributed by atoms with Gasteiger partial charge in [0.15, 0.2) is 0 Å². The van der Waals surface area contributed by atoms with E-state index in [0.29, 0.717) is 6.54 Å². The molecule has 0 saturated heterocycles. The lowest BCUT2D eigenvalue weighted by atomic mass is 10.1. The van der Waals surface area contributed by atoms with Crippen LogP contribution in [0.1, 0.15) is 33.1 Å². The number of hydrogen-bond acceptors (Lipinski definition) is 2. The minimum Gasteiger partial charge on any atom is -0.481 e. The molecule has 0 spiro atoms. The summed E-state index contributed by atoms with van der Waals surface area (Å²) in [5.41, 5.74) is 0. The van der Waals surface area contributed by atoms with Crippen molar-refractivity contribution in [2.45, 2.75) is 33.1 Å². The van der Waals surface area contributed by atoms with Gasteiger partial charge in [-0.3, -0.25) is 9.59 Å². The van der Waals surface area contributed by atoms with Gasteiger partial charge in [0.2, 0.25) is 5.91 Å². The average Bonchev–Trinajstić information content (AvgIpc) is 2.15. The van der Waals surface area contributed by atoms with Gasteiger partial charge in [-0.05, 0) is 13.3 Å². The molecule has 0 aliphatic heterocycles. The van der Waals surface area contributed by atoms with E-state index < -0.39 is 11.9 Å². The molecule has 4 heteroatoms. The van der Waals surface area contributed by atoms with E-state index in [2.05, 4.69) is 6.92 Å². The first-order valence-corrected chi connectivity index (χ1v) is 4.98. The van der Waals surface area contributed by atoms with Crippen molar-refractivity contribution in [2.75, 3.05) is 13.6 Å². The largest absolute Gasteiger partial charge is 0.481 e. The number of carbonyl (C=O) groups excluding carboxylic acids is 1. The second-order valence-electron chi connectivity index (χ2n) is 3.53. The molecule has 1 amide bonds. The molecule has 0 aliphatic carbocycles. The number of aliphatic carboxylic acids is 1. The minimum absolute atomic E-state index is 0.311. The van der Waals surface area contributed by atoms with Crippen molar-refractivity contribution < 1.29 is 14.7 Å². The van der Waals surface area contributed by atoms with Gasteiger partial charge in [0.25, 0.3) is 0 Å². The van der Waals surface area contributed by atoms with Gasteiger partial charge >= 0.3 is 5.97 Å². The summed E-state index contributed by atoms with van der Waals surface area (Å²) in [6, 6.07) is 0. The number of amides is 1. The van der Waals surface area contributed by atoms with Crippen molar-refractivity contribution in [1.29, 1.82) is 0 Å². The number of carbonyl (C=O) groups is 2. The zero-order chi connectivity index (χ0) is 11.1. The molecule has 0 aliphatic rings. The quantitative estimate of drug-likeness (QED) is 0.521. The summed E-state index contributed by atoms with van der Waals surface area (Å²) in [7, 11) is 1.65.